The van der Waals surface area contributed by atoms with Crippen LogP contribution in [0.25, 0.3) is 0 Å². The highest BCUT2D eigenvalue weighted by atomic mass is 32.2. The molecule has 6 nitrogen and oxygen atoms in total. The van der Waals surface area contributed by atoms with Crippen LogP contribution in [0.4, 0.5) is 0 Å². The Balaban J connectivity index is 2.07. The van der Waals surface area contributed by atoms with Gasteiger partial charge in [0.25, 0.3) is 10.1 Å². The molecule has 1 aliphatic heterocycles. The molecule has 0 N–H and O–H groups in total. The van der Waals surface area contributed by atoms with E-state index >= 15 is 0 Å². The van der Waals surface area contributed by atoms with Gasteiger partial charge in [-0.1, -0.05) is 0 Å². The second-order valence-electron chi connectivity index (χ2n) is 3.78. The molecule has 3 rings (SSSR count). The number of fused-ring (bicyclic) bond motifs is 2. The molecule has 0 radical (unpaired) electrons. The first-order valence-electron chi connectivity index (χ1n) is 4.56. The maximum absolute atomic E-state index is 11.4. The minimum Gasteiger partial charge on any atom is -0.396 e. The molecule has 2 unspecified atom stereocenters. The monoisotopic (exact) mass is 232 g/mol. The van der Waals surface area contributed by atoms with Crippen molar-refractivity contribution in [3.05, 3.63) is 22.1 Å². The standard InChI is InChI=1S/C8H8O6S/c9-8-13-5-1-4-3-12-15(10,11)7(4)2-6(5)14-8/h4,7H,1-3H2. The van der Waals surface area contributed by atoms with Crippen LogP contribution >= 0.6 is 0 Å². The van der Waals surface area contributed by atoms with Gasteiger partial charge in [-0.2, -0.15) is 8.42 Å². The lowest BCUT2D eigenvalue weighted by atomic mass is 9.91. The van der Waals surface area contributed by atoms with Crippen LogP contribution in [0.1, 0.15) is 11.5 Å². The van der Waals surface area contributed by atoms with E-state index in [0.717, 1.165) is 0 Å². The van der Waals surface area contributed by atoms with E-state index in [0.29, 0.717) is 17.9 Å². The van der Waals surface area contributed by atoms with E-state index in [-0.39, 0.29) is 18.9 Å². The maximum Gasteiger partial charge on any atom is 0.519 e. The molecule has 0 spiro atoms. The highest BCUT2D eigenvalue weighted by molar-refractivity contribution is 7.87. The normalized spacial score (nSPS) is 32.3. The van der Waals surface area contributed by atoms with Gasteiger partial charge in [0.2, 0.25) is 0 Å². The third-order valence-corrected chi connectivity index (χ3v) is 4.66. The molecule has 2 heterocycles. The summed E-state index contributed by atoms with van der Waals surface area (Å²) >= 11 is 0. The summed E-state index contributed by atoms with van der Waals surface area (Å²) < 4.78 is 37.2. The predicted octanol–water partition coefficient (Wildman–Crippen LogP) is -0.324. The van der Waals surface area contributed by atoms with Gasteiger partial charge < -0.3 is 8.83 Å². The summed E-state index contributed by atoms with van der Waals surface area (Å²) in [6, 6.07) is 0. The topological polar surface area (TPSA) is 86.7 Å². The van der Waals surface area contributed by atoms with E-state index in [1.165, 1.54) is 0 Å². The van der Waals surface area contributed by atoms with E-state index < -0.39 is 21.2 Å². The first-order chi connectivity index (χ1) is 7.06. The largest absolute Gasteiger partial charge is 0.519 e. The van der Waals surface area contributed by atoms with Crippen LogP contribution in [-0.2, 0) is 27.1 Å². The Labute approximate surface area is 85.0 Å². The van der Waals surface area contributed by atoms with Crippen LogP contribution in [-0.4, -0.2) is 20.3 Å². The number of hydrogen-bond donors (Lipinski definition) is 0. The molecular formula is C8H8O6S. The van der Waals surface area contributed by atoms with Crippen molar-refractivity contribution in [2.24, 2.45) is 5.92 Å². The molecule has 82 valence electrons. The van der Waals surface area contributed by atoms with Crippen molar-refractivity contribution in [3.63, 3.8) is 0 Å². The van der Waals surface area contributed by atoms with E-state index in [9.17, 15) is 13.2 Å². The predicted molar refractivity (Wildman–Crippen MR) is 46.8 cm³/mol. The number of hydrogen-bond acceptors (Lipinski definition) is 6. The van der Waals surface area contributed by atoms with E-state index in [2.05, 4.69) is 0 Å². The zero-order valence-corrected chi connectivity index (χ0v) is 8.45. The van der Waals surface area contributed by atoms with Crippen LogP contribution < -0.4 is 5.82 Å². The molecule has 1 aromatic rings. The van der Waals surface area contributed by atoms with Gasteiger partial charge in [-0.05, 0) is 0 Å². The Morgan fingerprint density at radius 1 is 1.13 bits per heavy atom. The van der Waals surface area contributed by atoms with Gasteiger partial charge in [-0.15, -0.1) is 0 Å². The first kappa shape index (κ1) is 9.17. The molecule has 7 heteroatoms. The molecule has 0 saturated carbocycles. The van der Waals surface area contributed by atoms with E-state index in [4.69, 9.17) is 13.0 Å². The fourth-order valence-electron chi connectivity index (χ4n) is 2.14. The lowest BCUT2D eigenvalue weighted by Gasteiger charge is -2.18. The van der Waals surface area contributed by atoms with Gasteiger partial charge in [0.15, 0.2) is 11.5 Å². The van der Waals surface area contributed by atoms with Crippen LogP contribution in [0.3, 0.4) is 0 Å². The van der Waals surface area contributed by atoms with Gasteiger partial charge in [0, 0.05) is 18.8 Å². The van der Waals surface area contributed by atoms with Gasteiger partial charge in [-0.3, -0.25) is 4.18 Å². The molecule has 1 aliphatic carbocycles. The van der Waals surface area contributed by atoms with Crippen molar-refractivity contribution in [3.8, 4) is 0 Å². The third-order valence-electron chi connectivity index (χ3n) is 2.90. The molecule has 0 amide bonds. The Morgan fingerprint density at radius 3 is 2.53 bits per heavy atom. The quantitative estimate of drug-likeness (QED) is 0.569. The highest BCUT2D eigenvalue weighted by Gasteiger charge is 2.46. The minimum atomic E-state index is -3.48. The SMILES string of the molecule is O=c1oc2c(o1)CC1C(COS1(=O)=O)C2. The molecule has 2 aliphatic rings. The van der Waals surface area contributed by atoms with E-state index in [1.54, 1.807) is 0 Å². The summed E-state index contributed by atoms with van der Waals surface area (Å²) in [7, 11) is -3.48. The molecule has 2 atom stereocenters. The Kier molecular flexibility index (Phi) is 1.67. The average molecular weight is 232 g/mol. The fourth-order valence-corrected chi connectivity index (χ4v) is 3.68. The zero-order valence-electron chi connectivity index (χ0n) is 7.63. The summed E-state index contributed by atoms with van der Waals surface area (Å²) in [5.41, 5.74) is 0. The van der Waals surface area contributed by atoms with Gasteiger partial charge in [-0.25, -0.2) is 4.79 Å². The summed E-state index contributed by atoms with van der Waals surface area (Å²) in [4.78, 5) is 10.8. The zero-order chi connectivity index (χ0) is 10.6. The third kappa shape index (κ3) is 1.26. The average Bonchev–Trinajstić information content (AvgIpc) is 2.64. The van der Waals surface area contributed by atoms with Crippen molar-refractivity contribution in [2.75, 3.05) is 6.61 Å². The molecular weight excluding hydrogens is 224 g/mol. The van der Waals surface area contributed by atoms with Gasteiger partial charge in [0.05, 0.1) is 11.9 Å². The lowest BCUT2D eigenvalue weighted by Crippen LogP contribution is -2.30. The van der Waals surface area contributed by atoms with Crippen LogP contribution in [0.2, 0.25) is 0 Å². The van der Waals surface area contributed by atoms with Crippen molar-refractivity contribution in [1.82, 2.24) is 0 Å². The molecule has 1 aromatic heterocycles. The molecule has 0 bridgehead atoms. The summed E-state index contributed by atoms with van der Waals surface area (Å²) in [6.45, 7) is 0.168. The van der Waals surface area contributed by atoms with Crippen molar-refractivity contribution in [1.29, 1.82) is 0 Å². The van der Waals surface area contributed by atoms with Crippen molar-refractivity contribution < 1.29 is 21.4 Å². The molecule has 15 heavy (non-hydrogen) atoms. The van der Waals surface area contributed by atoms with Gasteiger partial charge >= 0.3 is 5.82 Å². The van der Waals surface area contributed by atoms with Crippen LogP contribution in [0.5, 0.6) is 0 Å². The van der Waals surface area contributed by atoms with Crippen molar-refractivity contribution >= 4 is 10.1 Å². The Hall–Kier alpha value is -1.08. The molecule has 1 saturated heterocycles. The molecule has 0 aromatic carbocycles. The lowest BCUT2D eigenvalue weighted by molar-refractivity contribution is 0.290. The second kappa shape index (κ2) is 2.73. The Morgan fingerprint density at radius 2 is 1.80 bits per heavy atom. The summed E-state index contributed by atoms with van der Waals surface area (Å²) in [5.74, 6) is -0.0844. The Bertz CT molecular complexity index is 550. The fraction of sp³-hybridized carbons (Fsp3) is 0.625. The highest BCUT2D eigenvalue weighted by Crippen LogP contribution is 2.35. The summed E-state index contributed by atoms with van der Waals surface area (Å²) in [5, 5.41) is -0.592. The van der Waals surface area contributed by atoms with Crippen molar-refractivity contribution in [2.45, 2.75) is 18.1 Å². The second-order valence-corrected chi connectivity index (χ2v) is 5.61. The first-order valence-corrected chi connectivity index (χ1v) is 6.03. The van der Waals surface area contributed by atoms with E-state index in [1.807, 2.05) is 0 Å². The minimum absolute atomic E-state index is 0.122. The summed E-state index contributed by atoms with van der Waals surface area (Å²) in [6.07, 6.45) is 0.568. The van der Waals surface area contributed by atoms with Crippen LogP contribution in [0, 0.1) is 5.92 Å². The van der Waals surface area contributed by atoms with Crippen LogP contribution in [0.15, 0.2) is 13.6 Å². The maximum atomic E-state index is 11.4. The number of rotatable bonds is 0. The molecule has 1 fully saturated rings. The smallest absolute Gasteiger partial charge is 0.396 e. The van der Waals surface area contributed by atoms with Gasteiger partial charge in [0.1, 0.15) is 0 Å².